The van der Waals surface area contributed by atoms with Crippen LogP contribution in [0.15, 0.2) is 42.4 Å². The summed E-state index contributed by atoms with van der Waals surface area (Å²) in [5, 5.41) is 32.2. The molecule has 1 fully saturated rings. The summed E-state index contributed by atoms with van der Waals surface area (Å²) < 4.78 is 324. The van der Waals surface area contributed by atoms with Crippen LogP contribution in [-0.2, 0) is 38.3 Å². The zero-order chi connectivity index (χ0) is 55.1. The van der Waals surface area contributed by atoms with Gasteiger partial charge in [-0.15, -0.1) is 0 Å². The van der Waals surface area contributed by atoms with Crippen molar-refractivity contribution in [3.63, 3.8) is 0 Å². The van der Waals surface area contributed by atoms with Crippen LogP contribution in [0.25, 0.3) is 0 Å². The van der Waals surface area contributed by atoms with Gasteiger partial charge >= 0.3 is 89.0 Å². The molecule has 4 N–H and O–H groups in total. The maximum absolute atomic E-state index is 13.8. The van der Waals surface area contributed by atoms with Crippen LogP contribution in [0.3, 0.4) is 0 Å². The third-order valence-corrected chi connectivity index (χ3v) is 7.86. The number of carboxylic acid groups (broad SMARTS) is 1. The minimum Gasteiger partial charge on any atom is -0.478 e. The highest BCUT2D eigenvalue weighted by atomic mass is 19.4. The number of Topliss-reactive ketones (excluding diaryl/α,β-unsaturated/α-hetero) is 2. The monoisotopic (exact) mass is 1070 g/mol. The van der Waals surface area contributed by atoms with E-state index in [2.05, 4.69) is 34.1 Å². The Hall–Kier alpha value is -5.25. The average molecular weight is 1070 g/mol. The van der Waals surface area contributed by atoms with Crippen molar-refractivity contribution < 1.29 is 164 Å². The van der Waals surface area contributed by atoms with Crippen LogP contribution in [0, 0.1) is 0 Å². The van der Waals surface area contributed by atoms with Crippen molar-refractivity contribution in [3.8, 4) is 0 Å². The third-order valence-electron chi connectivity index (χ3n) is 7.86. The molecular formula is C33H30F24O12. The summed E-state index contributed by atoms with van der Waals surface area (Å²) in [6.45, 7) is -3.83. The normalized spacial score (nSPS) is 14.8. The predicted molar refractivity (Wildman–Crippen MR) is 173 cm³/mol. The summed E-state index contributed by atoms with van der Waals surface area (Å²) >= 11 is 0. The fourth-order valence-corrected chi connectivity index (χ4v) is 3.74. The molecule has 0 amide bonds. The van der Waals surface area contributed by atoms with Gasteiger partial charge in [0.25, 0.3) is 0 Å². The molecule has 0 saturated heterocycles. The van der Waals surface area contributed by atoms with Gasteiger partial charge in [0.15, 0.2) is 24.8 Å². The Morgan fingerprint density at radius 2 is 0.826 bits per heavy atom. The Bertz CT molecular complexity index is 1890. The number of esters is 2. The van der Waals surface area contributed by atoms with E-state index < -0.39 is 140 Å². The van der Waals surface area contributed by atoms with E-state index >= 15 is 0 Å². The standard InChI is InChI=1S/C18H14F12O8.C8H6F12O2.C6H6O2.CH4/c1-3-9(38-35)5-11(32)37-7-14(21,22)16(25,26)18(29,30)17(27,28)15(23,24)13(19,20)6-36-10(31)4-8(2)12(33)34;9-3(10,1-21)5(13,14)7(17,18)8(19,20)6(15,16)4(11,12)2-22;1-4-2-5(7)3-6(4)8;/h35H,1-2,4-7H2,(H,33,34);21-22H,1-2H2;1-3H2;1H4. The maximum Gasteiger partial charge on any atom is 0.384 e. The van der Waals surface area contributed by atoms with Gasteiger partial charge in [-0.25, -0.2) is 10.1 Å². The van der Waals surface area contributed by atoms with Crippen molar-refractivity contribution in [1.29, 1.82) is 0 Å². The van der Waals surface area contributed by atoms with Crippen molar-refractivity contribution in [2.24, 2.45) is 0 Å². The fraction of sp³-hybridized carbons (Fsp3) is 0.636. The number of aliphatic hydroxyl groups is 2. The Morgan fingerprint density at radius 1 is 0.536 bits per heavy atom. The summed E-state index contributed by atoms with van der Waals surface area (Å²) in [4.78, 5) is 57.0. The van der Waals surface area contributed by atoms with E-state index in [1.807, 2.05) is 0 Å². The Labute approximate surface area is 367 Å². The molecule has 0 aliphatic heterocycles. The van der Waals surface area contributed by atoms with Crippen LogP contribution in [0.5, 0.6) is 0 Å². The molecule has 0 aromatic carbocycles. The number of hydrogen-bond acceptors (Lipinski definition) is 11. The highest BCUT2D eigenvalue weighted by molar-refractivity contribution is 6.16. The highest BCUT2D eigenvalue weighted by Crippen LogP contribution is 2.61. The molecule has 1 aliphatic rings. The van der Waals surface area contributed by atoms with Gasteiger partial charge in [-0.05, 0) is 5.57 Å². The molecule has 36 heteroatoms. The van der Waals surface area contributed by atoms with Gasteiger partial charge in [0.2, 0.25) is 0 Å². The van der Waals surface area contributed by atoms with Crippen LogP contribution in [0.1, 0.15) is 33.1 Å². The quantitative estimate of drug-likeness (QED) is 0.0119. The van der Waals surface area contributed by atoms with Gasteiger partial charge in [-0.1, -0.05) is 32.9 Å². The summed E-state index contributed by atoms with van der Waals surface area (Å²) in [6, 6.07) is 0. The number of aliphatic carboxylic acids is 1. The molecule has 69 heavy (non-hydrogen) atoms. The largest absolute Gasteiger partial charge is 0.478 e. The molecule has 0 aromatic rings. The van der Waals surface area contributed by atoms with Crippen LogP contribution in [0.4, 0.5) is 105 Å². The van der Waals surface area contributed by atoms with E-state index in [1.165, 1.54) is 0 Å². The number of ether oxygens (including phenoxy) is 2. The number of rotatable bonds is 22. The number of aliphatic hydroxyl groups excluding tert-OH is 2. The van der Waals surface area contributed by atoms with Crippen molar-refractivity contribution in [3.05, 3.63) is 42.4 Å². The topological polar surface area (TPSA) is 194 Å². The number of carbonyl (C=O) groups is 5. The molecule has 0 aromatic heterocycles. The van der Waals surface area contributed by atoms with E-state index in [-0.39, 0.29) is 31.8 Å². The number of allylic oxidation sites excluding steroid dienone is 1. The minimum atomic E-state index is -8.00. The summed E-state index contributed by atoms with van der Waals surface area (Å²) in [6.07, 6.45) is -2.55. The van der Waals surface area contributed by atoms with Gasteiger partial charge in [0.05, 0.1) is 12.8 Å². The first-order valence-corrected chi connectivity index (χ1v) is 16.3. The lowest BCUT2D eigenvalue weighted by molar-refractivity contribution is -0.428. The SMILES string of the molecule is C.C=C1CC(=O)CC1=O.C=C=C(CC(=O)OCC(F)(F)C(F)(F)C(F)(F)C(F)(F)C(F)(F)C(F)(F)COC(=O)CC(=C)C(=O)O)OO.OCC(F)(F)C(F)(F)C(F)(F)C(F)(F)C(F)(F)C(F)(F)CO. The van der Waals surface area contributed by atoms with Crippen LogP contribution in [0.2, 0.25) is 0 Å². The molecule has 0 bridgehead atoms. The molecule has 1 rings (SSSR count). The van der Waals surface area contributed by atoms with Crippen molar-refractivity contribution in [1.82, 2.24) is 0 Å². The number of carboxylic acids is 1. The van der Waals surface area contributed by atoms with Gasteiger partial charge in [-0.2, -0.15) is 105 Å². The van der Waals surface area contributed by atoms with Gasteiger partial charge < -0.3 is 29.7 Å². The summed E-state index contributed by atoms with van der Waals surface area (Å²) in [5.74, 6) is -94.4. The summed E-state index contributed by atoms with van der Waals surface area (Å²) in [7, 11) is 0. The van der Waals surface area contributed by atoms with E-state index in [1.54, 1.807) is 5.73 Å². The second kappa shape index (κ2) is 22.7. The summed E-state index contributed by atoms with van der Waals surface area (Å²) in [5.41, 5.74) is 1.01. The second-order valence-corrected chi connectivity index (χ2v) is 12.9. The van der Waals surface area contributed by atoms with Gasteiger partial charge in [0, 0.05) is 12.0 Å². The van der Waals surface area contributed by atoms with E-state index in [9.17, 15) is 129 Å². The predicted octanol–water partition coefficient (Wildman–Crippen LogP) is 8.36. The number of ketones is 2. The smallest absolute Gasteiger partial charge is 0.384 e. The van der Waals surface area contributed by atoms with Crippen LogP contribution in [-0.4, -0.2) is 148 Å². The van der Waals surface area contributed by atoms with Gasteiger partial charge in [0.1, 0.15) is 25.4 Å². The highest BCUT2D eigenvalue weighted by Gasteiger charge is 2.91. The lowest BCUT2D eigenvalue weighted by Crippen LogP contribution is -2.71. The van der Waals surface area contributed by atoms with E-state index in [0.717, 1.165) is 0 Å². The first-order chi connectivity index (χ1) is 29.9. The molecule has 12 nitrogen and oxygen atoms in total. The Balaban J connectivity index is -0.00000117. The lowest BCUT2D eigenvalue weighted by Gasteiger charge is -2.41. The average Bonchev–Trinajstić information content (AvgIpc) is 3.50. The molecule has 1 saturated carbocycles. The number of hydrogen-bond donors (Lipinski definition) is 4. The molecular weight excluding hydrogens is 1040 g/mol. The Kier molecular flexibility index (Phi) is 22.3. The van der Waals surface area contributed by atoms with Crippen molar-refractivity contribution in [2.45, 2.75) is 104 Å². The molecule has 0 radical (unpaired) electrons. The van der Waals surface area contributed by atoms with Gasteiger partial charge in [-0.3, -0.25) is 19.2 Å². The van der Waals surface area contributed by atoms with Crippen molar-refractivity contribution >= 4 is 29.5 Å². The van der Waals surface area contributed by atoms with E-state index in [0.29, 0.717) is 5.57 Å². The fourth-order valence-electron chi connectivity index (χ4n) is 3.74. The van der Waals surface area contributed by atoms with Crippen molar-refractivity contribution in [2.75, 3.05) is 26.4 Å². The first kappa shape index (κ1) is 68.0. The Morgan fingerprint density at radius 3 is 1.03 bits per heavy atom. The lowest BCUT2D eigenvalue weighted by atomic mass is 9.91. The molecule has 1 aliphatic carbocycles. The molecule has 0 unspecified atom stereocenters. The first-order valence-electron chi connectivity index (χ1n) is 16.3. The number of alkyl halides is 24. The van der Waals surface area contributed by atoms with E-state index in [4.69, 9.17) is 20.6 Å². The van der Waals surface area contributed by atoms with Crippen LogP contribution >= 0.6 is 0 Å². The van der Waals surface area contributed by atoms with Crippen LogP contribution < -0.4 is 0 Å². The zero-order valence-corrected chi connectivity index (χ0v) is 32.4. The number of halogens is 24. The third kappa shape index (κ3) is 13.5. The zero-order valence-electron chi connectivity index (χ0n) is 32.4. The molecule has 0 spiro atoms. The maximum atomic E-state index is 13.8. The molecule has 0 atom stereocenters. The minimum absolute atomic E-state index is 0. The molecule has 402 valence electrons. The second-order valence-electron chi connectivity index (χ2n) is 12.9. The number of carbonyl (C=O) groups excluding carboxylic acids is 4. The molecule has 0 heterocycles.